The van der Waals surface area contributed by atoms with Gasteiger partial charge in [-0.1, -0.05) is 20.8 Å². The molecule has 1 N–H and O–H groups in total. The number of aromatic nitrogens is 1. The van der Waals surface area contributed by atoms with Crippen LogP contribution in [0.4, 0.5) is 0 Å². The lowest BCUT2D eigenvalue weighted by atomic mass is 9.99. The van der Waals surface area contributed by atoms with E-state index in [1.165, 1.54) is 6.20 Å². The van der Waals surface area contributed by atoms with E-state index >= 15 is 0 Å². The first-order chi connectivity index (χ1) is 6.99. The Labute approximate surface area is 89.4 Å². The van der Waals surface area contributed by atoms with Gasteiger partial charge in [-0.05, 0) is 17.5 Å². The standard InChI is InChI=1S/C11H15N3O/c1-11(2,3)8-13-14-10(15)9-5-4-6-12-7-9/h4-8H,1-3H3,(H,14,15)/b13-8-. The van der Waals surface area contributed by atoms with E-state index in [9.17, 15) is 4.79 Å². The van der Waals surface area contributed by atoms with E-state index in [1.54, 1.807) is 24.5 Å². The van der Waals surface area contributed by atoms with Gasteiger partial charge in [0.1, 0.15) is 0 Å². The number of amides is 1. The predicted octanol–water partition coefficient (Wildman–Crippen LogP) is 1.84. The quantitative estimate of drug-likeness (QED) is 0.591. The molecule has 0 aliphatic carbocycles. The third-order valence-electron chi connectivity index (χ3n) is 1.54. The van der Waals surface area contributed by atoms with Crippen molar-refractivity contribution < 1.29 is 4.79 Å². The fourth-order valence-electron chi connectivity index (χ4n) is 0.846. The monoisotopic (exact) mass is 205 g/mol. The molecule has 0 saturated carbocycles. The summed E-state index contributed by atoms with van der Waals surface area (Å²) in [5.74, 6) is -0.247. The van der Waals surface area contributed by atoms with Crippen molar-refractivity contribution >= 4 is 12.1 Å². The van der Waals surface area contributed by atoms with E-state index in [2.05, 4.69) is 15.5 Å². The Morgan fingerprint density at radius 2 is 2.27 bits per heavy atom. The molecular weight excluding hydrogens is 190 g/mol. The van der Waals surface area contributed by atoms with Crippen LogP contribution in [0.3, 0.4) is 0 Å². The first-order valence-electron chi connectivity index (χ1n) is 4.74. The number of rotatable bonds is 2. The molecule has 0 bridgehead atoms. The lowest BCUT2D eigenvalue weighted by Crippen LogP contribution is -2.19. The molecule has 0 spiro atoms. The summed E-state index contributed by atoms with van der Waals surface area (Å²) in [6, 6.07) is 3.40. The molecule has 15 heavy (non-hydrogen) atoms. The van der Waals surface area contributed by atoms with Crippen molar-refractivity contribution in [3.05, 3.63) is 30.1 Å². The minimum Gasteiger partial charge on any atom is -0.267 e. The highest BCUT2D eigenvalue weighted by Gasteiger charge is 2.06. The zero-order valence-electron chi connectivity index (χ0n) is 9.19. The normalized spacial score (nSPS) is 11.7. The maximum Gasteiger partial charge on any atom is 0.272 e. The Balaban J connectivity index is 2.55. The summed E-state index contributed by atoms with van der Waals surface area (Å²) in [6.07, 6.45) is 4.82. The van der Waals surface area contributed by atoms with Gasteiger partial charge >= 0.3 is 0 Å². The fraction of sp³-hybridized carbons (Fsp3) is 0.364. The summed E-state index contributed by atoms with van der Waals surface area (Å²) in [5, 5.41) is 3.87. The van der Waals surface area contributed by atoms with Gasteiger partial charge in [-0.2, -0.15) is 5.10 Å². The summed E-state index contributed by atoms with van der Waals surface area (Å²) in [5.41, 5.74) is 2.91. The van der Waals surface area contributed by atoms with E-state index < -0.39 is 0 Å². The summed E-state index contributed by atoms with van der Waals surface area (Å²) in [7, 11) is 0. The van der Waals surface area contributed by atoms with Crippen LogP contribution in [0.1, 0.15) is 31.1 Å². The van der Waals surface area contributed by atoms with Crippen molar-refractivity contribution in [2.75, 3.05) is 0 Å². The molecule has 0 atom stereocenters. The maximum absolute atomic E-state index is 11.5. The van der Waals surface area contributed by atoms with Crippen LogP contribution in [-0.2, 0) is 0 Å². The molecule has 0 aromatic carbocycles. The number of nitrogens with one attached hydrogen (secondary N) is 1. The van der Waals surface area contributed by atoms with Crippen LogP contribution in [0.5, 0.6) is 0 Å². The van der Waals surface area contributed by atoms with Gasteiger partial charge in [0.15, 0.2) is 0 Å². The van der Waals surface area contributed by atoms with Gasteiger partial charge in [-0.15, -0.1) is 0 Å². The molecule has 1 aromatic heterocycles. The minimum absolute atomic E-state index is 0.0395. The van der Waals surface area contributed by atoms with Gasteiger partial charge in [-0.25, -0.2) is 5.43 Å². The molecule has 0 aliphatic rings. The van der Waals surface area contributed by atoms with Gasteiger partial charge < -0.3 is 0 Å². The molecule has 0 aliphatic heterocycles. The van der Waals surface area contributed by atoms with Gasteiger partial charge in [0.05, 0.1) is 5.56 Å². The second-order valence-corrected chi connectivity index (χ2v) is 4.31. The van der Waals surface area contributed by atoms with Crippen molar-refractivity contribution in [3.8, 4) is 0 Å². The third kappa shape index (κ3) is 4.35. The Bertz CT molecular complexity index is 352. The molecule has 80 valence electrons. The zero-order chi connectivity index (χ0) is 11.3. The van der Waals surface area contributed by atoms with Crippen LogP contribution in [0.2, 0.25) is 0 Å². The second-order valence-electron chi connectivity index (χ2n) is 4.31. The van der Waals surface area contributed by atoms with Gasteiger partial charge in [0.25, 0.3) is 5.91 Å². The highest BCUT2D eigenvalue weighted by Crippen LogP contribution is 2.07. The van der Waals surface area contributed by atoms with Gasteiger partial charge in [0, 0.05) is 18.6 Å². The molecular formula is C11H15N3O. The van der Waals surface area contributed by atoms with Gasteiger partial charge in [0.2, 0.25) is 0 Å². The molecule has 1 amide bonds. The Morgan fingerprint density at radius 3 is 2.80 bits per heavy atom. The van der Waals surface area contributed by atoms with Crippen LogP contribution in [0, 0.1) is 5.41 Å². The number of carbonyl (C=O) groups excluding carboxylic acids is 1. The number of nitrogens with zero attached hydrogens (tertiary/aromatic N) is 2. The molecule has 0 unspecified atom stereocenters. The maximum atomic E-state index is 11.5. The highest BCUT2D eigenvalue weighted by atomic mass is 16.2. The van der Waals surface area contributed by atoms with E-state index in [-0.39, 0.29) is 11.3 Å². The molecule has 4 heteroatoms. The van der Waals surface area contributed by atoms with Crippen LogP contribution < -0.4 is 5.43 Å². The molecule has 1 rings (SSSR count). The zero-order valence-corrected chi connectivity index (χ0v) is 9.19. The molecule has 0 radical (unpaired) electrons. The summed E-state index contributed by atoms with van der Waals surface area (Å²) in [6.45, 7) is 6.02. The molecule has 0 saturated heterocycles. The lowest BCUT2D eigenvalue weighted by Gasteiger charge is -2.09. The van der Waals surface area contributed by atoms with Crippen LogP contribution in [-0.4, -0.2) is 17.1 Å². The van der Waals surface area contributed by atoms with E-state index in [0.717, 1.165) is 0 Å². The number of carbonyl (C=O) groups is 1. The third-order valence-corrected chi connectivity index (χ3v) is 1.54. The smallest absolute Gasteiger partial charge is 0.267 e. The van der Waals surface area contributed by atoms with Crippen molar-refractivity contribution in [2.45, 2.75) is 20.8 Å². The number of pyridine rings is 1. The van der Waals surface area contributed by atoms with Crippen molar-refractivity contribution in [1.29, 1.82) is 0 Å². The van der Waals surface area contributed by atoms with Crippen molar-refractivity contribution in [3.63, 3.8) is 0 Å². The minimum atomic E-state index is -0.247. The topological polar surface area (TPSA) is 54.4 Å². The summed E-state index contributed by atoms with van der Waals surface area (Å²) in [4.78, 5) is 15.3. The highest BCUT2D eigenvalue weighted by molar-refractivity contribution is 5.94. The van der Waals surface area contributed by atoms with Crippen LogP contribution in [0.15, 0.2) is 29.6 Å². The Kier molecular flexibility index (Phi) is 3.55. The number of hydrogen-bond acceptors (Lipinski definition) is 3. The summed E-state index contributed by atoms with van der Waals surface area (Å²) < 4.78 is 0. The molecule has 4 nitrogen and oxygen atoms in total. The van der Waals surface area contributed by atoms with Gasteiger partial charge in [-0.3, -0.25) is 9.78 Å². The predicted molar refractivity (Wildman–Crippen MR) is 59.7 cm³/mol. The first kappa shape index (κ1) is 11.4. The van der Waals surface area contributed by atoms with Crippen LogP contribution in [0.25, 0.3) is 0 Å². The SMILES string of the molecule is CC(C)(C)/C=N\NC(=O)c1cccnc1. The summed E-state index contributed by atoms with van der Waals surface area (Å²) >= 11 is 0. The lowest BCUT2D eigenvalue weighted by molar-refractivity contribution is 0.0954. The largest absolute Gasteiger partial charge is 0.272 e. The molecule has 1 aromatic rings. The fourth-order valence-corrected chi connectivity index (χ4v) is 0.846. The molecule has 0 fully saturated rings. The average Bonchev–Trinajstić information content (AvgIpc) is 2.17. The number of hydrazone groups is 1. The molecule has 1 heterocycles. The van der Waals surface area contributed by atoms with Crippen molar-refractivity contribution in [1.82, 2.24) is 10.4 Å². The van der Waals surface area contributed by atoms with Crippen LogP contribution >= 0.6 is 0 Å². The van der Waals surface area contributed by atoms with E-state index in [1.807, 2.05) is 20.8 Å². The average molecular weight is 205 g/mol. The van der Waals surface area contributed by atoms with Crippen molar-refractivity contribution in [2.24, 2.45) is 10.5 Å². The number of hydrogen-bond donors (Lipinski definition) is 1. The first-order valence-corrected chi connectivity index (χ1v) is 4.74. The second kappa shape index (κ2) is 4.68. The van der Waals surface area contributed by atoms with E-state index in [0.29, 0.717) is 5.56 Å². The Hall–Kier alpha value is -1.71. The Morgan fingerprint density at radius 1 is 1.53 bits per heavy atom. The van der Waals surface area contributed by atoms with E-state index in [4.69, 9.17) is 0 Å².